The number of alkyl carbamates (subject to hydrolysis) is 1. The molecule has 9 atom stereocenters. The molecule has 4 bridgehead atoms. The molecule has 0 spiro atoms. The molecule has 0 saturated carbocycles. The Morgan fingerprint density at radius 2 is 1.70 bits per heavy atom. The van der Waals surface area contributed by atoms with Crippen molar-refractivity contribution >= 4 is 64.3 Å². The number of carbonyl (C=O) groups is 7. The average Bonchev–Trinajstić information content (AvgIpc) is 3.99. The van der Waals surface area contributed by atoms with Gasteiger partial charge in [-0.05, 0) is 102 Å². The summed E-state index contributed by atoms with van der Waals surface area (Å²) in [4.78, 5) is 92.2. The number of ketones is 2. The number of halogens is 1. The number of nitrogens with one attached hydrogen (secondary N) is 3. The number of allylic oxidation sites excluding steroid dienone is 3. The monoisotopic (exact) mass is 988 g/mol. The van der Waals surface area contributed by atoms with Gasteiger partial charge >= 0.3 is 12.1 Å². The number of nitrogens with zero attached hydrogens (tertiary/aromatic N) is 1. The molecule has 2 aromatic carbocycles. The van der Waals surface area contributed by atoms with Gasteiger partial charge in [-0.1, -0.05) is 87.7 Å². The van der Waals surface area contributed by atoms with Gasteiger partial charge in [0.15, 0.2) is 0 Å². The fourth-order valence-corrected chi connectivity index (χ4v) is 9.46. The van der Waals surface area contributed by atoms with E-state index in [1.165, 1.54) is 11.8 Å². The molecule has 4 amide bonds. The number of aryl methyl sites for hydroxylation is 2. The molecule has 15 nitrogen and oxygen atoms in total. The Balaban J connectivity index is 1.18. The molecule has 70 heavy (non-hydrogen) atoms. The second-order valence-corrected chi connectivity index (χ2v) is 20.6. The number of unbranched alkanes of at least 4 members (excludes halogenated alkanes) is 2. The standard InChI is InChI=1S/C54H73ClN4O11/c1-31(2)43(61)24-21-40(27-35(6)60)51(65)56-37(8)50(64)57-41-22-19-38(20-23-41)17-12-11-13-18-47(63)69-45-29-46(62)59(10)42-28-39(26-33(4)48(42)55)25-32(3)15-14-16-34(5)54(67)30-44(68-52(66)58-54)36(7)49-53(45,9)70-49/h14-16,19-20,22-23,26,28,31,34,36-37,40,44-45,49,67H,11-13,17-18,21,24-25,27,29-30H2,1-10H3,(H,56,65)(H,57,64)(H,58,66)/b16-14+,32-15+/t34-,36-,37?,40?,44+,45+,49+,53+,54+/m1/s1. The average molecular weight is 990 g/mol. The second-order valence-electron chi connectivity index (χ2n) is 20.3. The molecule has 0 aromatic heterocycles. The number of ether oxygens (including phenoxy) is 3. The molecule has 2 unspecified atom stereocenters. The summed E-state index contributed by atoms with van der Waals surface area (Å²) in [7, 11) is 1.65. The van der Waals surface area contributed by atoms with Crippen molar-refractivity contribution in [2.24, 2.45) is 23.7 Å². The minimum atomic E-state index is -1.60. The first-order valence-corrected chi connectivity index (χ1v) is 25.0. The number of epoxide rings is 1. The van der Waals surface area contributed by atoms with Crippen molar-refractivity contribution < 1.29 is 52.9 Å². The quantitative estimate of drug-likeness (QED) is 0.0671. The van der Waals surface area contributed by atoms with Crippen molar-refractivity contribution in [3.63, 3.8) is 0 Å². The maximum atomic E-state index is 14.2. The highest BCUT2D eigenvalue weighted by molar-refractivity contribution is 6.34. The first-order valence-electron chi connectivity index (χ1n) is 24.6. The minimum absolute atomic E-state index is 0.00997. The summed E-state index contributed by atoms with van der Waals surface area (Å²) in [5.74, 6) is -3.64. The highest BCUT2D eigenvalue weighted by Crippen LogP contribution is 2.49. The summed E-state index contributed by atoms with van der Waals surface area (Å²) in [6.07, 6.45) is 6.27. The molecule has 4 N–H and O–H groups in total. The third-order valence-electron chi connectivity index (χ3n) is 14.0. The number of hydrogen-bond acceptors (Lipinski definition) is 11. The first-order chi connectivity index (χ1) is 32.9. The topological polar surface area (TPSA) is 210 Å². The lowest BCUT2D eigenvalue weighted by molar-refractivity contribution is -0.154. The molecule has 2 fully saturated rings. The van der Waals surface area contributed by atoms with Gasteiger partial charge in [-0.15, -0.1) is 0 Å². The SMILES string of the molecule is CC(=O)CC(CCC(=O)C(C)C)C(=O)NC(C)C(=O)Nc1ccc(CCCCCC(=O)O[C@H]2CC(=O)N(C)c3cc(cc(C)c3Cl)C/C(C)=C/C=C/[C@@H](C)[C@@]3(O)C[C@H](OC(=O)N3)[C@@H](C)[C@@H]3O[C@@]23C)cc1. The van der Waals surface area contributed by atoms with Gasteiger partial charge in [0.1, 0.15) is 41.1 Å². The molecule has 2 saturated heterocycles. The van der Waals surface area contributed by atoms with E-state index in [1.807, 2.05) is 70.2 Å². The summed E-state index contributed by atoms with van der Waals surface area (Å²) in [6, 6.07) is 10.3. The number of carbonyl (C=O) groups excluding carboxylic acids is 7. The van der Waals surface area contributed by atoms with Crippen LogP contribution in [-0.4, -0.2) is 89.2 Å². The fourth-order valence-electron chi connectivity index (χ4n) is 9.22. The number of anilines is 2. The maximum absolute atomic E-state index is 14.2. The van der Waals surface area contributed by atoms with E-state index in [4.69, 9.17) is 25.8 Å². The number of rotatable bonds is 17. The Kier molecular flexibility index (Phi) is 19.2. The van der Waals surface area contributed by atoms with Crippen LogP contribution in [0.1, 0.15) is 130 Å². The molecule has 3 aliphatic rings. The number of hydrogen-bond donors (Lipinski definition) is 4. The van der Waals surface area contributed by atoms with Gasteiger partial charge in [0, 0.05) is 62.1 Å². The van der Waals surface area contributed by atoms with Crippen LogP contribution in [0.25, 0.3) is 0 Å². The summed E-state index contributed by atoms with van der Waals surface area (Å²) in [6.45, 7) is 15.9. The van der Waals surface area contributed by atoms with E-state index in [9.17, 15) is 38.7 Å². The molecule has 2 aromatic rings. The lowest BCUT2D eigenvalue weighted by atomic mass is 9.82. The summed E-state index contributed by atoms with van der Waals surface area (Å²) in [5, 5.41) is 20.3. The molecule has 0 aliphatic carbocycles. The van der Waals surface area contributed by atoms with E-state index in [0.717, 1.165) is 28.7 Å². The Morgan fingerprint density at radius 1 is 1.00 bits per heavy atom. The zero-order chi connectivity index (χ0) is 51.7. The van der Waals surface area contributed by atoms with Crippen molar-refractivity contribution in [3.05, 3.63) is 81.9 Å². The van der Waals surface area contributed by atoms with Crippen molar-refractivity contribution in [1.29, 1.82) is 0 Å². The number of Topliss-reactive ketones (excluding diaryl/α,β-unsaturated/α-hetero) is 2. The molecule has 3 heterocycles. The number of esters is 1. The van der Waals surface area contributed by atoms with Crippen LogP contribution in [-0.2, 0) is 55.8 Å². The molecule has 16 heteroatoms. The van der Waals surface area contributed by atoms with Crippen molar-refractivity contribution in [2.45, 2.75) is 169 Å². The van der Waals surface area contributed by atoms with E-state index >= 15 is 0 Å². The van der Waals surface area contributed by atoms with Crippen LogP contribution in [0.2, 0.25) is 5.02 Å². The van der Waals surface area contributed by atoms with Gasteiger partial charge in [0.05, 0.1) is 23.2 Å². The Morgan fingerprint density at radius 3 is 2.37 bits per heavy atom. The minimum Gasteiger partial charge on any atom is -0.459 e. The van der Waals surface area contributed by atoms with E-state index in [0.29, 0.717) is 42.1 Å². The zero-order valence-electron chi connectivity index (χ0n) is 42.4. The summed E-state index contributed by atoms with van der Waals surface area (Å²) < 4.78 is 18.2. The smallest absolute Gasteiger partial charge is 0.409 e. The van der Waals surface area contributed by atoms with E-state index in [-0.39, 0.29) is 61.9 Å². The molecular formula is C54H73ClN4O11. The number of fused-ring (bicyclic) bond motifs is 5. The van der Waals surface area contributed by atoms with E-state index in [1.54, 1.807) is 46.9 Å². The van der Waals surface area contributed by atoms with Gasteiger partial charge in [-0.2, -0.15) is 0 Å². The van der Waals surface area contributed by atoms with Gasteiger partial charge in [0.2, 0.25) is 17.7 Å². The van der Waals surface area contributed by atoms with Gasteiger partial charge in [-0.25, -0.2) is 4.79 Å². The third kappa shape index (κ3) is 14.8. The number of benzene rings is 2. The van der Waals surface area contributed by atoms with Crippen LogP contribution in [0.5, 0.6) is 0 Å². The molecule has 3 aliphatic heterocycles. The molecule has 0 radical (unpaired) electrons. The van der Waals surface area contributed by atoms with Gasteiger partial charge < -0.3 is 39.6 Å². The molecule has 382 valence electrons. The predicted octanol–water partition coefficient (Wildman–Crippen LogP) is 8.44. The lowest BCUT2D eigenvalue weighted by Gasteiger charge is -2.41. The maximum Gasteiger partial charge on any atom is 0.409 e. The Bertz CT molecular complexity index is 2330. The first kappa shape index (κ1) is 55.5. The van der Waals surface area contributed by atoms with Crippen LogP contribution < -0.4 is 20.9 Å². The lowest BCUT2D eigenvalue weighted by Crippen LogP contribution is -2.60. The Hall–Kier alpha value is -5.38. The van der Waals surface area contributed by atoms with Crippen LogP contribution in [0, 0.1) is 30.6 Å². The summed E-state index contributed by atoms with van der Waals surface area (Å²) in [5.41, 5.74) is 2.16. The normalized spacial score (nSPS) is 26.8. The van der Waals surface area contributed by atoms with Gasteiger partial charge in [-0.3, -0.25) is 29.3 Å². The van der Waals surface area contributed by atoms with Gasteiger partial charge in [0.25, 0.3) is 0 Å². The second kappa shape index (κ2) is 24.2. The van der Waals surface area contributed by atoms with E-state index in [2.05, 4.69) is 16.0 Å². The van der Waals surface area contributed by atoms with Crippen molar-refractivity contribution in [3.8, 4) is 0 Å². The van der Waals surface area contributed by atoms with Crippen LogP contribution in [0.4, 0.5) is 16.2 Å². The fraction of sp³-hybridized carbons (Fsp3) is 0.574. The highest BCUT2D eigenvalue weighted by Gasteiger charge is 2.64. The predicted molar refractivity (Wildman–Crippen MR) is 268 cm³/mol. The number of amides is 4. The Labute approximate surface area is 417 Å². The summed E-state index contributed by atoms with van der Waals surface area (Å²) >= 11 is 6.82. The van der Waals surface area contributed by atoms with Crippen molar-refractivity contribution in [1.82, 2.24) is 10.6 Å². The van der Waals surface area contributed by atoms with Crippen LogP contribution in [0.15, 0.2) is 60.2 Å². The largest absolute Gasteiger partial charge is 0.459 e. The van der Waals surface area contributed by atoms with Crippen LogP contribution >= 0.6 is 11.6 Å². The number of aliphatic hydroxyl groups is 1. The van der Waals surface area contributed by atoms with Crippen molar-refractivity contribution in [2.75, 3.05) is 17.3 Å². The van der Waals surface area contributed by atoms with Crippen LogP contribution in [0.3, 0.4) is 0 Å². The van der Waals surface area contributed by atoms with E-state index < -0.39 is 77.3 Å². The molecular weight excluding hydrogens is 916 g/mol. The molecule has 5 rings (SSSR count). The third-order valence-corrected chi connectivity index (χ3v) is 14.5. The highest BCUT2D eigenvalue weighted by atomic mass is 35.5. The zero-order valence-corrected chi connectivity index (χ0v) is 43.2.